The Bertz CT molecular complexity index is 1820. The Labute approximate surface area is 341 Å². The van der Waals surface area contributed by atoms with Crippen molar-refractivity contribution in [3.63, 3.8) is 0 Å². The molecule has 0 bridgehead atoms. The molecule has 57 heavy (non-hydrogen) atoms. The van der Waals surface area contributed by atoms with Crippen LogP contribution in [0.15, 0.2) is 102 Å². The monoisotopic (exact) mass is 795 g/mol. The summed E-state index contributed by atoms with van der Waals surface area (Å²) < 4.78 is 23.1. The summed E-state index contributed by atoms with van der Waals surface area (Å²) in [4.78, 5) is 41.5. The number of unbranched alkanes of at least 4 members (excludes halogenated alkanes) is 3. The number of hydrogen-bond acceptors (Lipinski definition) is 11. The first-order valence-corrected chi connectivity index (χ1v) is 21.4. The van der Waals surface area contributed by atoms with Gasteiger partial charge in [-0.3, -0.25) is 15.0 Å². The maximum atomic E-state index is 13.0. The van der Waals surface area contributed by atoms with Crippen LogP contribution in [0, 0.1) is 23.7 Å². The van der Waals surface area contributed by atoms with Crippen LogP contribution in [0.25, 0.3) is 10.2 Å². The molecule has 2 aromatic carbocycles. The Balaban J connectivity index is 1.02. The van der Waals surface area contributed by atoms with Crippen molar-refractivity contribution in [1.29, 1.82) is 0 Å². The number of rotatable bonds is 21. The first kappa shape index (κ1) is 43.1. The molecule has 1 heterocycles. The number of hydrazone groups is 1. The van der Waals surface area contributed by atoms with Gasteiger partial charge in [-0.1, -0.05) is 62.0 Å². The summed E-state index contributed by atoms with van der Waals surface area (Å²) in [5.74, 6) is 0.986. The van der Waals surface area contributed by atoms with Crippen molar-refractivity contribution in [1.82, 2.24) is 4.98 Å². The van der Waals surface area contributed by atoms with E-state index in [9.17, 15) is 14.4 Å². The Morgan fingerprint density at radius 2 is 1.53 bits per heavy atom. The normalized spacial score (nSPS) is 20.2. The zero-order valence-electron chi connectivity index (χ0n) is 33.2. The van der Waals surface area contributed by atoms with Crippen molar-refractivity contribution < 1.29 is 33.3 Å². The van der Waals surface area contributed by atoms with Crippen LogP contribution < -0.4 is 14.9 Å². The number of ether oxygens (including phenoxy) is 4. The van der Waals surface area contributed by atoms with Crippen molar-refractivity contribution in [2.24, 2.45) is 28.8 Å². The van der Waals surface area contributed by atoms with Crippen LogP contribution in [0.1, 0.15) is 96.8 Å². The fourth-order valence-electron chi connectivity index (χ4n) is 7.43. The molecular formula is C46H57N3O7S. The Hall–Kier alpha value is -5.03. The van der Waals surface area contributed by atoms with Gasteiger partial charge >= 0.3 is 17.9 Å². The number of benzene rings is 2. The molecule has 0 atom stereocenters. The van der Waals surface area contributed by atoms with Crippen LogP contribution in [-0.4, -0.2) is 42.3 Å². The van der Waals surface area contributed by atoms with Gasteiger partial charge in [-0.15, -0.1) is 0 Å². The van der Waals surface area contributed by atoms with Crippen LogP contribution in [0.3, 0.4) is 0 Å². The standard InChI is InChI=1S/C46H57N3O7S/c1-3-13-34-18-20-36(21-19-34)35(14-11-30-47-49-46-48-41-16-7-8-17-42(41)57-46)15-12-33-55-44(51)37-22-24-38(25-23-37)45(52)56-40-28-26-39(27-29-40)53-31-9-5-6-10-32-54-43(50)4-2/h4,7-8,11-12,14-17,26-30,33-34,36-38H,2-3,5-6,9-10,13,18-25,31-32H2,1H3,(H,48,49)/b14-11+,33-12+,35-15+,47-30+. The third-order valence-electron chi connectivity index (χ3n) is 10.6. The topological polar surface area (TPSA) is 125 Å². The highest BCUT2D eigenvalue weighted by atomic mass is 32.1. The second-order valence-corrected chi connectivity index (χ2v) is 15.8. The van der Waals surface area contributed by atoms with E-state index in [-0.39, 0.29) is 23.8 Å². The van der Waals surface area contributed by atoms with E-state index in [1.54, 1.807) is 41.8 Å². The number of nitrogens with zero attached hydrogens (tertiary/aromatic N) is 2. The van der Waals surface area contributed by atoms with Gasteiger partial charge in [-0.25, -0.2) is 9.78 Å². The number of anilines is 1. The van der Waals surface area contributed by atoms with Crippen molar-refractivity contribution in [3.05, 3.63) is 97.3 Å². The van der Waals surface area contributed by atoms with E-state index >= 15 is 0 Å². The lowest BCUT2D eigenvalue weighted by Gasteiger charge is -2.29. The van der Waals surface area contributed by atoms with E-state index in [4.69, 9.17) is 18.9 Å². The lowest BCUT2D eigenvalue weighted by molar-refractivity contribution is -0.147. The third-order valence-corrected chi connectivity index (χ3v) is 11.6. The van der Waals surface area contributed by atoms with Crippen molar-refractivity contribution in [3.8, 4) is 11.5 Å². The fraction of sp³-hybridized carbons (Fsp3) is 0.457. The van der Waals surface area contributed by atoms with Crippen molar-refractivity contribution in [2.75, 3.05) is 18.6 Å². The molecular weight excluding hydrogens is 739 g/mol. The number of allylic oxidation sites excluding steroid dienone is 5. The number of nitrogens with one attached hydrogen (secondary N) is 1. The van der Waals surface area contributed by atoms with E-state index in [2.05, 4.69) is 35.1 Å². The molecule has 0 unspecified atom stereocenters. The molecule has 1 N–H and O–H groups in total. The average molecular weight is 796 g/mol. The van der Waals surface area contributed by atoms with Gasteiger partial charge < -0.3 is 18.9 Å². The molecule has 5 rings (SSSR count). The smallest absolute Gasteiger partial charge is 0.330 e. The summed E-state index contributed by atoms with van der Waals surface area (Å²) in [6, 6.07) is 15.1. The first-order chi connectivity index (χ1) is 27.9. The molecule has 2 aliphatic rings. The number of carbonyl (C=O) groups is 3. The Morgan fingerprint density at radius 1 is 0.842 bits per heavy atom. The number of para-hydroxylation sites is 1. The van der Waals surface area contributed by atoms with Crippen LogP contribution in [-0.2, 0) is 23.9 Å². The number of thiazole rings is 1. The highest BCUT2D eigenvalue weighted by Crippen LogP contribution is 2.36. The van der Waals surface area contributed by atoms with Crippen LogP contribution in [0.4, 0.5) is 5.13 Å². The van der Waals surface area contributed by atoms with Gasteiger partial charge in [0.25, 0.3) is 0 Å². The van der Waals surface area contributed by atoms with E-state index < -0.39 is 5.97 Å². The van der Waals surface area contributed by atoms with Gasteiger partial charge in [0.2, 0.25) is 5.13 Å². The molecule has 0 spiro atoms. The van der Waals surface area contributed by atoms with Gasteiger partial charge in [-0.05, 0) is 143 Å². The zero-order valence-corrected chi connectivity index (χ0v) is 34.0. The van der Waals surface area contributed by atoms with Gasteiger partial charge in [0.1, 0.15) is 11.5 Å². The highest BCUT2D eigenvalue weighted by molar-refractivity contribution is 7.22. The predicted octanol–water partition coefficient (Wildman–Crippen LogP) is 10.9. The summed E-state index contributed by atoms with van der Waals surface area (Å²) in [5, 5.41) is 5.10. The minimum absolute atomic E-state index is 0.249. The molecule has 0 saturated heterocycles. The van der Waals surface area contributed by atoms with E-state index in [1.807, 2.05) is 42.5 Å². The molecule has 10 nitrogen and oxygen atoms in total. The maximum absolute atomic E-state index is 13.0. The number of carbonyl (C=O) groups excluding carboxylic acids is 3. The molecule has 2 fully saturated rings. The molecule has 0 radical (unpaired) electrons. The molecule has 0 amide bonds. The quantitative estimate of drug-likeness (QED) is 0.0164. The number of esters is 3. The summed E-state index contributed by atoms with van der Waals surface area (Å²) in [7, 11) is 0. The average Bonchev–Trinajstić information content (AvgIpc) is 3.66. The molecule has 1 aromatic heterocycles. The summed E-state index contributed by atoms with van der Waals surface area (Å²) in [5.41, 5.74) is 5.18. The Morgan fingerprint density at radius 3 is 2.25 bits per heavy atom. The number of aromatic nitrogens is 1. The lowest BCUT2D eigenvalue weighted by Crippen LogP contribution is -2.29. The molecule has 304 valence electrons. The van der Waals surface area contributed by atoms with Crippen LogP contribution in [0.2, 0.25) is 0 Å². The molecule has 11 heteroatoms. The van der Waals surface area contributed by atoms with E-state index in [0.29, 0.717) is 56.3 Å². The summed E-state index contributed by atoms with van der Waals surface area (Å²) in [6.07, 6.45) is 25.5. The maximum Gasteiger partial charge on any atom is 0.330 e. The van der Waals surface area contributed by atoms with Gasteiger partial charge in [-0.2, -0.15) is 5.10 Å². The minimum atomic E-state index is -0.392. The van der Waals surface area contributed by atoms with Crippen molar-refractivity contribution in [2.45, 2.75) is 96.8 Å². The molecule has 0 aliphatic heterocycles. The summed E-state index contributed by atoms with van der Waals surface area (Å²) >= 11 is 1.57. The van der Waals surface area contributed by atoms with Gasteiger partial charge in [0, 0.05) is 12.3 Å². The Kier molecular flexibility index (Phi) is 18.1. The highest BCUT2D eigenvalue weighted by Gasteiger charge is 2.32. The van der Waals surface area contributed by atoms with Crippen molar-refractivity contribution >= 4 is 50.8 Å². The van der Waals surface area contributed by atoms with E-state index in [1.165, 1.54) is 43.6 Å². The van der Waals surface area contributed by atoms with Gasteiger partial charge in [0.05, 0.1) is 41.5 Å². The first-order valence-electron chi connectivity index (χ1n) is 20.5. The number of hydrogen-bond donors (Lipinski definition) is 1. The molecule has 2 saturated carbocycles. The van der Waals surface area contributed by atoms with Crippen LogP contribution >= 0.6 is 11.3 Å². The second-order valence-electron chi connectivity index (χ2n) is 14.7. The van der Waals surface area contributed by atoms with Gasteiger partial charge in [0.15, 0.2) is 0 Å². The largest absolute Gasteiger partial charge is 0.494 e. The zero-order chi connectivity index (χ0) is 40.1. The third kappa shape index (κ3) is 14.8. The molecule has 3 aromatic rings. The summed E-state index contributed by atoms with van der Waals surface area (Å²) in [6.45, 7) is 6.62. The number of fused-ring (bicyclic) bond motifs is 1. The predicted molar refractivity (Wildman–Crippen MR) is 227 cm³/mol. The second kappa shape index (κ2) is 23.9. The SMILES string of the molecule is C=CC(=O)OCCCCCCOc1ccc(OC(=O)C2CCC(C(=O)O/C=C/C=C(\C=C\C=N\Nc3nc4ccccc4s3)C3CCC(CCC)CC3)CC2)cc1. The molecule has 2 aliphatic carbocycles. The van der Waals surface area contributed by atoms with E-state index in [0.717, 1.165) is 59.8 Å². The minimum Gasteiger partial charge on any atom is -0.494 e. The lowest BCUT2D eigenvalue weighted by atomic mass is 9.77. The van der Waals surface area contributed by atoms with Crippen LogP contribution in [0.5, 0.6) is 11.5 Å². The fourth-order valence-corrected chi connectivity index (χ4v) is 8.25.